The fourth-order valence-corrected chi connectivity index (χ4v) is 1.80. The van der Waals surface area contributed by atoms with Gasteiger partial charge in [-0.15, -0.1) is 0 Å². The average Bonchev–Trinajstić information content (AvgIpc) is 3.14. The van der Waals surface area contributed by atoms with Gasteiger partial charge in [0.25, 0.3) is 5.56 Å². The average molecular weight is 212 g/mol. The summed E-state index contributed by atoms with van der Waals surface area (Å²) in [4.78, 5) is 19.1. The molecule has 1 aliphatic rings. The number of aromatic nitrogens is 2. The molecule has 1 aromatic heterocycles. The summed E-state index contributed by atoms with van der Waals surface area (Å²) < 4.78 is 0. The lowest BCUT2D eigenvalue weighted by atomic mass is 10.1. The lowest BCUT2D eigenvalue weighted by Crippen LogP contribution is -2.12. The van der Waals surface area contributed by atoms with Gasteiger partial charge in [0.05, 0.1) is 5.56 Å². The molecule has 0 bridgehead atoms. The molecule has 0 saturated heterocycles. The minimum atomic E-state index is -0.0388. The molecule has 1 N–H and O–H groups in total. The van der Waals surface area contributed by atoms with Crippen molar-refractivity contribution in [3.63, 3.8) is 0 Å². The van der Waals surface area contributed by atoms with Crippen LogP contribution >= 0.6 is 0 Å². The van der Waals surface area contributed by atoms with Gasteiger partial charge in [0.2, 0.25) is 0 Å². The third-order valence-corrected chi connectivity index (χ3v) is 2.87. The van der Waals surface area contributed by atoms with Crippen LogP contribution < -0.4 is 5.56 Å². The van der Waals surface area contributed by atoms with E-state index in [4.69, 9.17) is 0 Å². The fourth-order valence-electron chi connectivity index (χ4n) is 1.80. The minimum absolute atomic E-state index is 0.0388. The quantitative estimate of drug-likeness (QED) is 0.830. The molecule has 0 amide bonds. The van der Waals surface area contributed by atoms with E-state index in [1.165, 1.54) is 0 Å². The van der Waals surface area contributed by atoms with Crippen molar-refractivity contribution in [3.05, 3.63) is 52.7 Å². The Labute approximate surface area is 93.2 Å². The molecule has 0 aliphatic heterocycles. The Hall–Kier alpha value is -1.90. The molecule has 3 nitrogen and oxygen atoms in total. The van der Waals surface area contributed by atoms with Crippen LogP contribution in [-0.4, -0.2) is 9.97 Å². The molecule has 1 fully saturated rings. The lowest BCUT2D eigenvalue weighted by molar-refractivity contribution is 0.910. The Balaban J connectivity index is 2.05. The number of H-pyrrole nitrogens is 1. The molecule has 2 aromatic rings. The zero-order valence-corrected chi connectivity index (χ0v) is 8.81. The van der Waals surface area contributed by atoms with Crippen LogP contribution in [0.15, 0.2) is 41.3 Å². The smallest absolute Gasteiger partial charge is 0.258 e. The number of benzene rings is 1. The number of hydrogen-bond donors (Lipinski definition) is 1. The van der Waals surface area contributed by atoms with Crippen LogP contribution in [0.4, 0.5) is 0 Å². The van der Waals surface area contributed by atoms with Gasteiger partial charge in [-0.1, -0.05) is 30.3 Å². The van der Waals surface area contributed by atoms with Crippen LogP contribution in [-0.2, 0) is 0 Å². The van der Waals surface area contributed by atoms with Gasteiger partial charge in [-0.05, 0) is 18.4 Å². The van der Waals surface area contributed by atoms with Gasteiger partial charge >= 0.3 is 0 Å². The van der Waals surface area contributed by atoms with Crippen molar-refractivity contribution in [1.29, 1.82) is 0 Å². The number of aromatic amines is 1. The highest BCUT2D eigenvalue weighted by Gasteiger charge is 2.26. The van der Waals surface area contributed by atoms with E-state index in [-0.39, 0.29) is 5.56 Å². The Morgan fingerprint density at radius 2 is 1.94 bits per heavy atom. The molecule has 1 saturated carbocycles. The summed E-state index contributed by atoms with van der Waals surface area (Å²) in [5.41, 5.74) is 1.52. The molecule has 80 valence electrons. The van der Waals surface area contributed by atoms with E-state index in [1.54, 1.807) is 6.20 Å². The summed E-state index contributed by atoms with van der Waals surface area (Å²) >= 11 is 0. The maximum Gasteiger partial charge on any atom is 0.258 e. The number of nitrogens with one attached hydrogen (secondary N) is 1. The van der Waals surface area contributed by atoms with Gasteiger partial charge in [-0.3, -0.25) is 4.79 Å². The van der Waals surface area contributed by atoms with Crippen LogP contribution in [0.3, 0.4) is 0 Å². The lowest BCUT2D eigenvalue weighted by Gasteiger charge is -2.01. The molecule has 3 rings (SSSR count). The first-order valence-corrected chi connectivity index (χ1v) is 5.49. The van der Waals surface area contributed by atoms with Crippen molar-refractivity contribution in [3.8, 4) is 11.1 Å². The standard InChI is InChI=1S/C13H12N2O/c16-13-11(9-4-2-1-3-5-9)8-14-12(15-13)10-6-7-10/h1-5,8,10H,6-7H2,(H,14,15,16). The SMILES string of the molecule is O=c1[nH]c(C2CC2)ncc1-c1ccccc1. The van der Waals surface area contributed by atoms with Gasteiger partial charge in [0.15, 0.2) is 0 Å². The van der Waals surface area contributed by atoms with Gasteiger partial charge in [-0.2, -0.15) is 0 Å². The largest absolute Gasteiger partial charge is 0.310 e. The first-order valence-electron chi connectivity index (χ1n) is 5.49. The van der Waals surface area contributed by atoms with Crippen molar-refractivity contribution in [1.82, 2.24) is 9.97 Å². The molecular weight excluding hydrogens is 200 g/mol. The highest BCUT2D eigenvalue weighted by atomic mass is 16.1. The molecule has 16 heavy (non-hydrogen) atoms. The van der Waals surface area contributed by atoms with Gasteiger partial charge in [-0.25, -0.2) is 4.98 Å². The zero-order valence-electron chi connectivity index (χ0n) is 8.81. The normalized spacial score (nSPS) is 15.0. The molecule has 1 aliphatic carbocycles. The summed E-state index contributed by atoms with van der Waals surface area (Å²) in [5.74, 6) is 1.32. The maximum atomic E-state index is 11.9. The van der Waals surface area contributed by atoms with E-state index in [2.05, 4.69) is 9.97 Å². The summed E-state index contributed by atoms with van der Waals surface area (Å²) in [6.07, 6.45) is 3.98. The number of nitrogens with zero attached hydrogens (tertiary/aromatic N) is 1. The van der Waals surface area contributed by atoms with Crippen LogP contribution in [0, 0.1) is 0 Å². The first-order chi connectivity index (χ1) is 7.84. The predicted octanol–water partition coefficient (Wildman–Crippen LogP) is 2.31. The minimum Gasteiger partial charge on any atom is -0.310 e. The van der Waals surface area contributed by atoms with E-state index >= 15 is 0 Å². The van der Waals surface area contributed by atoms with Crippen molar-refractivity contribution >= 4 is 0 Å². The summed E-state index contributed by atoms with van der Waals surface area (Å²) in [7, 11) is 0. The number of hydrogen-bond acceptors (Lipinski definition) is 2. The third kappa shape index (κ3) is 1.65. The van der Waals surface area contributed by atoms with Gasteiger partial charge in [0.1, 0.15) is 5.82 Å². The predicted molar refractivity (Wildman–Crippen MR) is 62.3 cm³/mol. The molecule has 3 heteroatoms. The Kier molecular flexibility index (Phi) is 2.10. The van der Waals surface area contributed by atoms with Crippen LogP contribution in [0.5, 0.6) is 0 Å². The van der Waals surface area contributed by atoms with Crippen LogP contribution in [0.25, 0.3) is 11.1 Å². The second-order valence-corrected chi connectivity index (χ2v) is 4.15. The third-order valence-electron chi connectivity index (χ3n) is 2.87. The van der Waals surface area contributed by atoms with E-state index in [0.717, 1.165) is 24.2 Å². The topological polar surface area (TPSA) is 45.8 Å². The summed E-state index contributed by atoms with van der Waals surface area (Å²) in [5, 5.41) is 0. The number of rotatable bonds is 2. The van der Waals surface area contributed by atoms with E-state index < -0.39 is 0 Å². The van der Waals surface area contributed by atoms with Crippen molar-refractivity contribution in [2.75, 3.05) is 0 Å². The second-order valence-electron chi connectivity index (χ2n) is 4.15. The molecule has 1 aromatic carbocycles. The van der Waals surface area contributed by atoms with Crippen LogP contribution in [0.1, 0.15) is 24.6 Å². The Morgan fingerprint density at radius 3 is 2.56 bits per heavy atom. The molecule has 0 radical (unpaired) electrons. The molecular formula is C13H12N2O. The highest BCUT2D eigenvalue weighted by molar-refractivity contribution is 5.60. The Bertz CT molecular complexity index is 556. The van der Waals surface area contributed by atoms with Crippen molar-refractivity contribution in [2.24, 2.45) is 0 Å². The van der Waals surface area contributed by atoms with Crippen molar-refractivity contribution in [2.45, 2.75) is 18.8 Å². The molecule has 0 spiro atoms. The molecule has 0 unspecified atom stereocenters. The Morgan fingerprint density at radius 1 is 1.19 bits per heavy atom. The monoisotopic (exact) mass is 212 g/mol. The van der Waals surface area contributed by atoms with E-state index in [0.29, 0.717) is 11.5 Å². The van der Waals surface area contributed by atoms with Crippen molar-refractivity contribution < 1.29 is 0 Å². The summed E-state index contributed by atoms with van der Waals surface area (Å²) in [6, 6.07) is 9.61. The van der Waals surface area contributed by atoms with E-state index in [1.807, 2.05) is 30.3 Å². The fraction of sp³-hybridized carbons (Fsp3) is 0.231. The highest BCUT2D eigenvalue weighted by Crippen LogP contribution is 2.37. The van der Waals surface area contributed by atoms with Gasteiger partial charge < -0.3 is 4.98 Å². The van der Waals surface area contributed by atoms with Crippen LogP contribution in [0.2, 0.25) is 0 Å². The molecule has 1 heterocycles. The zero-order chi connectivity index (χ0) is 11.0. The first kappa shape index (κ1) is 9.33. The summed E-state index contributed by atoms with van der Waals surface area (Å²) in [6.45, 7) is 0. The second kappa shape index (κ2) is 3.59. The van der Waals surface area contributed by atoms with Gasteiger partial charge in [0, 0.05) is 12.1 Å². The maximum absolute atomic E-state index is 11.9. The molecule has 0 atom stereocenters. The van der Waals surface area contributed by atoms with E-state index in [9.17, 15) is 4.79 Å².